The molecule has 0 radical (unpaired) electrons. The van der Waals surface area contributed by atoms with Gasteiger partial charge in [0, 0.05) is 4.90 Å². The Kier molecular flexibility index (Phi) is 7.15. The van der Waals surface area contributed by atoms with Crippen LogP contribution < -0.4 is 10.1 Å². The standard InChI is InChI=1S/C22H29NO2S/c1-6-19(25-17-14-12-16(13-15-17)22(3,4)5)21(24)23-18-10-8-9-11-20(18)26-7-2/h8-15,19H,6-7H2,1-5H3,(H,23,24)/t19-/m1/s1. The van der Waals surface area contributed by atoms with Gasteiger partial charge in [-0.1, -0.05) is 58.9 Å². The molecule has 0 spiro atoms. The molecular weight excluding hydrogens is 342 g/mol. The van der Waals surface area contributed by atoms with Crippen molar-refractivity contribution in [3.8, 4) is 5.75 Å². The summed E-state index contributed by atoms with van der Waals surface area (Å²) in [5.74, 6) is 1.56. The van der Waals surface area contributed by atoms with Crippen molar-refractivity contribution in [2.75, 3.05) is 11.1 Å². The maximum absolute atomic E-state index is 12.7. The molecule has 26 heavy (non-hydrogen) atoms. The summed E-state index contributed by atoms with van der Waals surface area (Å²) >= 11 is 1.72. The van der Waals surface area contributed by atoms with Crippen molar-refractivity contribution in [2.45, 2.75) is 57.5 Å². The van der Waals surface area contributed by atoms with Gasteiger partial charge in [0.1, 0.15) is 5.75 Å². The van der Waals surface area contributed by atoms with Gasteiger partial charge in [-0.25, -0.2) is 0 Å². The van der Waals surface area contributed by atoms with Crippen molar-refractivity contribution in [1.29, 1.82) is 0 Å². The summed E-state index contributed by atoms with van der Waals surface area (Å²) in [6, 6.07) is 15.9. The molecule has 0 aliphatic heterocycles. The van der Waals surface area contributed by atoms with Crippen LogP contribution in [-0.4, -0.2) is 17.8 Å². The highest BCUT2D eigenvalue weighted by atomic mass is 32.2. The Morgan fingerprint density at radius 1 is 1.08 bits per heavy atom. The molecule has 0 aromatic heterocycles. The first-order valence-corrected chi connectivity index (χ1v) is 10.1. The van der Waals surface area contributed by atoms with Crippen molar-refractivity contribution < 1.29 is 9.53 Å². The number of hydrogen-bond acceptors (Lipinski definition) is 3. The van der Waals surface area contributed by atoms with Gasteiger partial charge in [0.25, 0.3) is 5.91 Å². The third-order valence-corrected chi connectivity index (χ3v) is 5.06. The number of hydrogen-bond donors (Lipinski definition) is 1. The second-order valence-electron chi connectivity index (χ2n) is 7.21. The molecule has 1 amide bonds. The summed E-state index contributed by atoms with van der Waals surface area (Å²) in [4.78, 5) is 13.8. The van der Waals surface area contributed by atoms with Crippen molar-refractivity contribution in [3.63, 3.8) is 0 Å². The molecule has 0 unspecified atom stereocenters. The number of ether oxygens (including phenoxy) is 1. The normalized spacial score (nSPS) is 12.5. The van der Waals surface area contributed by atoms with E-state index in [-0.39, 0.29) is 11.3 Å². The molecule has 0 aliphatic carbocycles. The maximum atomic E-state index is 12.7. The van der Waals surface area contributed by atoms with Crippen LogP contribution in [0.3, 0.4) is 0 Å². The molecule has 1 N–H and O–H groups in total. The van der Waals surface area contributed by atoms with Crippen molar-refractivity contribution in [3.05, 3.63) is 54.1 Å². The zero-order valence-electron chi connectivity index (χ0n) is 16.3. The molecule has 3 nitrogen and oxygen atoms in total. The summed E-state index contributed by atoms with van der Waals surface area (Å²) in [6.07, 6.45) is 0.0887. The molecule has 0 fully saturated rings. The minimum atomic E-state index is -0.518. The van der Waals surface area contributed by atoms with Gasteiger partial charge < -0.3 is 10.1 Å². The fourth-order valence-corrected chi connectivity index (χ4v) is 3.34. The summed E-state index contributed by atoms with van der Waals surface area (Å²) in [5.41, 5.74) is 2.18. The van der Waals surface area contributed by atoms with Gasteiger partial charge in [0.15, 0.2) is 6.10 Å². The predicted molar refractivity (Wildman–Crippen MR) is 111 cm³/mol. The van der Waals surface area contributed by atoms with Crippen LogP contribution in [0.5, 0.6) is 5.75 Å². The third-order valence-electron chi connectivity index (χ3n) is 4.11. The highest BCUT2D eigenvalue weighted by Gasteiger charge is 2.20. The zero-order valence-corrected chi connectivity index (χ0v) is 17.2. The third kappa shape index (κ3) is 5.53. The first kappa shape index (κ1) is 20.4. The highest BCUT2D eigenvalue weighted by Crippen LogP contribution is 2.28. The number of benzene rings is 2. The van der Waals surface area contributed by atoms with Crippen molar-refractivity contribution >= 4 is 23.4 Å². The predicted octanol–water partition coefficient (Wildman–Crippen LogP) is 5.89. The van der Waals surface area contributed by atoms with Crippen LogP contribution in [0.2, 0.25) is 0 Å². The second-order valence-corrected chi connectivity index (χ2v) is 8.51. The lowest BCUT2D eigenvalue weighted by Gasteiger charge is -2.21. The first-order valence-electron chi connectivity index (χ1n) is 9.15. The Bertz CT molecular complexity index is 720. The number of carbonyl (C=O) groups excluding carboxylic acids is 1. The molecule has 0 bridgehead atoms. The molecule has 140 valence electrons. The first-order chi connectivity index (χ1) is 12.3. The van der Waals surface area contributed by atoms with E-state index >= 15 is 0 Å². The topological polar surface area (TPSA) is 38.3 Å². The number of nitrogens with one attached hydrogen (secondary N) is 1. The van der Waals surface area contributed by atoms with Gasteiger partial charge in [-0.15, -0.1) is 11.8 Å². The largest absolute Gasteiger partial charge is 0.481 e. The molecule has 1 atom stereocenters. The van der Waals surface area contributed by atoms with E-state index in [0.29, 0.717) is 6.42 Å². The Hall–Kier alpha value is -1.94. The van der Waals surface area contributed by atoms with Crippen molar-refractivity contribution in [1.82, 2.24) is 0 Å². The minimum absolute atomic E-state index is 0.0979. The molecule has 0 heterocycles. The summed E-state index contributed by atoms with van der Waals surface area (Å²) in [6.45, 7) is 10.6. The number of carbonyl (C=O) groups is 1. The average molecular weight is 372 g/mol. The number of anilines is 1. The molecule has 0 saturated heterocycles. The Balaban J connectivity index is 2.07. The van der Waals surface area contributed by atoms with Crippen LogP contribution in [-0.2, 0) is 10.2 Å². The fourth-order valence-electron chi connectivity index (χ4n) is 2.58. The lowest BCUT2D eigenvalue weighted by Crippen LogP contribution is -2.32. The average Bonchev–Trinajstić information content (AvgIpc) is 2.61. The van der Waals surface area contributed by atoms with E-state index in [1.54, 1.807) is 11.8 Å². The Morgan fingerprint density at radius 3 is 2.31 bits per heavy atom. The van der Waals surface area contributed by atoms with E-state index in [2.05, 4.69) is 45.1 Å². The van der Waals surface area contributed by atoms with Crippen molar-refractivity contribution in [2.24, 2.45) is 0 Å². The second kappa shape index (κ2) is 9.13. The van der Waals surface area contributed by atoms with Crippen LogP contribution in [0.4, 0.5) is 5.69 Å². The van der Waals surface area contributed by atoms with E-state index in [4.69, 9.17) is 4.74 Å². The number of para-hydroxylation sites is 1. The molecule has 4 heteroatoms. The van der Waals surface area contributed by atoms with Crippen LogP contribution in [0, 0.1) is 0 Å². The Morgan fingerprint density at radius 2 is 1.73 bits per heavy atom. The maximum Gasteiger partial charge on any atom is 0.265 e. The van der Waals surface area contributed by atoms with Crippen LogP contribution in [0.15, 0.2) is 53.4 Å². The molecule has 0 aliphatic rings. The lowest BCUT2D eigenvalue weighted by atomic mass is 9.87. The number of thioether (sulfide) groups is 1. The summed E-state index contributed by atoms with van der Waals surface area (Å²) < 4.78 is 5.95. The fraction of sp³-hybridized carbons (Fsp3) is 0.409. The van der Waals surface area contributed by atoms with Gasteiger partial charge >= 0.3 is 0 Å². The number of amides is 1. The van der Waals surface area contributed by atoms with Crippen LogP contribution in [0.1, 0.15) is 46.6 Å². The number of rotatable bonds is 7. The minimum Gasteiger partial charge on any atom is -0.481 e. The van der Waals surface area contributed by atoms with Gasteiger partial charge in [-0.2, -0.15) is 0 Å². The van der Waals surface area contributed by atoms with E-state index in [1.807, 2.05) is 43.3 Å². The smallest absolute Gasteiger partial charge is 0.265 e. The quantitative estimate of drug-likeness (QED) is 0.617. The zero-order chi connectivity index (χ0) is 19.2. The monoisotopic (exact) mass is 371 g/mol. The molecular formula is C22H29NO2S. The van der Waals surface area contributed by atoms with Gasteiger partial charge in [0.2, 0.25) is 0 Å². The molecule has 2 aromatic rings. The molecule has 0 saturated carbocycles. The summed E-state index contributed by atoms with van der Waals surface area (Å²) in [7, 11) is 0. The van der Waals surface area contributed by atoms with Crippen LogP contribution in [0.25, 0.3) is 0 Å². The highest BCUT2D eigenvalue weighted by molar-refractivity contribution is 7.99. The molecule has 2 rings (SSSR count). The van der Waals surface area contributed by atoms with Gasteiger partial charge in [0.05, 0.1) is 5.69 Å². The van der Waals surface area contributed by atoms with E-state index < -0.39 is 6.10 Å². The summed E-state index contributed by atoms with van der Waals surface area (Å²) in [5, 5.41) is 3.02. The van der Waals surface area contributed by atoms with Gasteiger partial charge in [-0.3, -0.25) is 4.79 Å². The van der Waals surface area contributed by atoms with Crippen LogP contribution >= 0.6 is 11.8 Å². The van der Waals surface area contributed by atoms with E-state index in [9.17, 15) is 4.79 Å². The lowest BCUT2D eigenvalue weighted by molar-refractivity contribution is -0.122. The van der Waals surface area contributed by atoms with E-state index in [1.165, 1.54) is 5.56 Å². The molecule has 2 aromatic carbocycles. The Labute approximate surface area is 161 Å². The van der Waals surface area contributed by atoms with Gasteiger partial charge in [-0.05, 0) is 47.4 Å². The van der Waals surface area contributed by atoms with E-state index in [0.717, 1.165) is 22.1 Å². The SMILES string of the molecule is CCSc1ccccc1NC(=O)[C@@H](CC)Oc1ccc(C(C)(C)C)cc1.